The summed E-state index contributed by atoms with van der Waals surface area (Å²) in [5, 5.41) is 2.74. The molecule has 0 aliphatic carbocycles. The average molecular weight is 458 g/mol. The van der Waals surface area contributed by atoms with E-state index in [1.807, 2.05) is 29.2 Å². The molecule has 2 amide bonds. The number of carbonyl (C=O) groups is 2. The van der Waals surface area contributed by atoms with Crippen LogP contribution in [0, 0.1) is 0 Å². The van der Waals surface area contributed by atoms with Crippen LogP contribution in [-0.4, -0.2) is 62.7 Å². The monoisotopic (exact) mass is 457 g/mol. The molecule has 2 aliphatic heterocycles. The molecule has 34 heavy (non-hydrogen) atoms. The van der Waals surface area contributed by atoms with Gasteiger partial charge in [-0.15, -0.1) is 0 Å². The molecule has 2 aliphatic rings. The van der Waals surface area contributed by atoms with Gasteiger partial charge in [0, 0.05) is 43.0 Å². The molecule has 3 aromatic rings. The van der Waals surface area contributed by atoms with Crippen molar-refractivity contribution in [2.24, 2.45) is 0 Å². The number of para-hydroxylation sites is 1. The summed E-state index contributed by atoms with van der Waals surface area (Å²) in [5.74, 6) is 0.797. The molecule has 0 bridgehead atoms. The van der Waals surface area contributed by atoms with E-state index >= 15 is 0 Å². The molecule has 2 heterocycles. The number of hydrogen-bond donors (Lipinski definition) is 1. The predicted molar refractivity (Wildman–Crippen MR) is 130 cm³/mol. The number of rotatable bonds is 5. The minimum Gasteiger partial charge on any atom is -0.486 e. The smallest absolute Gasteiger partial charge is 0.251 e. The Balaban J connectivity index is 1.16. The normalized spacial score (nSPS) is 15.1. The topological polar surface area (TPSA) is 71.1 Å². The van der Waals surface area contributed by atoms with Gasteiger partial charge in [-0.2, -0.15) is 0 Å². The summed E-state index contributed by atoms with van der Waals surface area (Å²) in [6.07, 6.45) is 0. The number of ether oxygens (including phenoxy) is 2. The lowest BCUT2D eigenvalue weighted by Gasteiger charge is -2.37. The number of fused-ring (bicyclic) bond motifs is 1. The maximum Gasteiger partial charge on any atom is 0.251 e. The van der Waals surface area contributed by atoms with Gasteiger partial charge in [-0.25, -0.2) is 0 Å². The standard InChI is InChI=1S/C27H27N3O4/c31-26(19-28-27(32)21-10-11-24-25(18-21)34-17-16-33-24)30-14-12-29(13-15-30)23-9-5-4-8-22(23)20-6-2-1-3-7-20/h1-11,18H,12-17,19H2,(H,28,32). The number of nitrogens with one attached hydrogen (secondary N) is 1. The van der Waals surface area contributed by atoms with Crippen LogP contribution in [0.15, 0.2) is 72.8 Å². The third-order valence-corrected chi connectivity index (χ3v) is 6.17. The highest BCUT2D eigenvalue weighted by atomic mass is 16.6. The fourth-order valence-electron chi connectivity index (χ4n) is 4.36. The van der Waals surface area contributed by atoms with Gasteiger partial charge in [-0.05, 0) is 29.8 Å². The number of nitrogens with zero attached hydrogens (tertiary/aromatic N) is 2. The van der Waals surface area contributed by atoms with Crippen molar-refractivity contribution >= 4 is 17.5 Å². The molecule has 0 saturated carbocycles. The molecule has 5 rings (SSSR count). The Morgan fingerprint density at radius 2 is 1.50 bits per heavy atom. The van der Waals surface area contributed by atoms with Gasteiger partial charge in [-0.1, -0.05) is 48.5 Å². The highest BCUT2D eigenvalue weighted by Crippen LogP contribution is 2.32. The van der Waals surface area contributed by atoms with Gasteiger partial charge in [-0.3, -0.25) is 9.59 Å². The van der Waals surface area contributed by atoms with Crippen molar-refractivity contribution in [2.75, 3.05) is 50.8 Å². The quantitative estimate of drug-likeness (QED) is 0.637. The van der Waals surface area contributed by atoms with Crippen molar-refractivity contribution in [1.29, 1.82) is 0 Å². The Kier molecular flexibility index (Phi) is 6.33. The second kappa shape index (κ2) is 9.87. The number of anilines is 1. The van der Waals surface area contributed by atoms with Gasteiger partial charge in [0.2, 0.25) is 5.91 Å². The number of amides is 2. The van der Waals surface area contributed by atoms with Crippen molar-refractivity contribution in [2.45, 2.75) is 0 Å². The summed E-state index contributed by atoms with van der Waals surface area (Å²) < 4.78 is 11.0. The van der Waals surface area contributed by atoms with E-state index < -0.39 is 0 Å². The minimum absolute atomic E-state index is 0.0339. The molecular formula is C27H27N3O4. The van der Waals surface area contributed by atoms with Crippen LogP contribution in [-0.2, 0) is 4.79 Å². The fraction of sp³-hybridized carbons (Fsp3) is 0.259. The average Bonchev–Trinajstić information content (AvgIpc) is 2.92. The third kappa shape index (κ3) is 4.69. The van der Waals surface area contributed by atoms with Crippen LogP contribution in [0.3, 0.4) is 0 Å². The largest absolute Gasteiger partial charge is 0.486 e. The van der Waals surface area contributed by atoms with Gasteiger partial charge in [0.05, 0.1) is 6.54 Å². The highest BCUT2D eigenvalue weighted by molar-refractivity contribution is 5.97. The molecule has 0 spiro atoms. The third-order valence-electron chi connectivity index (χ3n) is 6.17. The molecule has 7 heteroatoms. The second-order valence-corrected chi connectivity index (χ2v) is 8.29. The SMILES string of the molecule is O=C(NCC(=O)N1CCN(c2ccccc2-c2ccccc2)CC1)c1ccc2c(c1)OCCO2. The lowest BCUT2D eigenvalue weighted by Crippen LogP contribution is -2.51. The molecule has 1 fully saturated rings. The maximum absolute atomic E-state index is 12.7. The summed E-state index contributed by atoms with van der Waals surface area (Å²) in [6.45, 7) is 3.63. The zero-order chi connectivity index (χ0) is 23.3. The van der Waals surface area contributed by atoms with Crippen LogP contribution < -0.4 is 19.7 Å². The van der Waals surface area contributed by atoms with Crippen LogP contribution >= 0.6 is 0 Å². The first-order chi connectivity index (χ1) is 16.7. The Bertz CT molecular complexity index is 1170. The van der Waals surface area contributed by atoms with E-state index in [0.717, 1.165) is 13.1 Å². The molecule has 0 atom stereocenters. The Labute approximate surface area is 198 Å². The van der Waals surface area contributed by atoms with Gasteiger partial charge < -0.3 is 24.6 Å². The summed E-state index contributed by atoms with van der Waals surface area (Å²) in [7, 11) is 0. The van der Waals surface area contributed by atoms with Gasteiger partial charge in [0.25, 0.3) is 5.91 Å². The summed E-state index contributed by atoms with van der Waals surface area (Å²) >= 11 is 0. The summed E-state index contributed by atoms with van der Waals surface area (Å²) in [6, 6.07) is 23.7. The van der Waals surface area contributed by atoms with Crippen LogP contribution in [0.4, 0.5) is 5.69 Å². The summed E-state index contributed by atoms with van der Waals surface area (Å²) in [5.41, 5.74) is 3.99. The Hall–Kier alpha value is -4.00. The van der Waals surface area contributed by atoms with Crippen LogP contribution in [0.5, 0.6) is 11.5 Å². The van der Waals surface area contributed by atoms with E-state index in [-0.39, 0.29) is 18.4 Å². The van der Waals surface area contributed by atoms with Crippen molar-refractivity contribution in [1.82, 2.24) is 10.2 Å². The van der Waals surface area contributed by atoms with E-state index in [4.69, 9.17) is 9.47 Å². The molecule has 1 saturated heterocycles. The first-order valence-corrected chi connectivity index (χ1v) is 11.5. The number of piperazine rings is 1. The fourth-order valence-corrected chi connectivity index (χ4v) is 4.36. The lowest BCUT2D eigenvalue weighted by atomic mass is 10.0. The molecule has 0 unspecified atom stereocenters. The molecule has 1 N–H and O–H groups in total. The van der Waals surface area contributed by atoms with E-state index in [9.17, 15) is 9.59 Å². The molecular weight excluding hydrogens is 430 g/mol. The van der Waals surface area contributed by atoms with Crippen molar-refractivity contribution in [3.8, 4) is 22.6 Å². The summed E-state index contributed by atoms with van der Waals surface area (Å²) in [4.78, 5) is 29.4. The van der Waals surface area contributed by atoms with E-state index in [0.29, 0.717) is 43.4 Å². The Morgan fingerprint density at radius 3 is 2.29 bits per heavy atom. The van der Waals surface area contributed by atoms with Crippen molar-refractivity contribution in [3.05, 3.63) is 78.4 Å². The van der Waals surface area contributed by atoms with Gasteiger partial charge >= 0.3 is 0 Å². The minimum atomic E-state index is -0.305. The van der Waals surface area contributed by atoms with Gasteiger partial charge in [0.1, 0.15) is 13.2 Å². The van der Waals surface area contributed by atoms with Crippen LogP contribution in [0.2, 0.25) is 0 Å². The maximum atomic E-state index is 12.7. The molecule has 0 radical (unpaired) electrons. The Morgan fingerprint density at radius 1 is 0.794 bits per heavy atom. The second-order valence-electron chi connectivity index (χ2n) is 8.29. The predicted octanol–water partition coefficient (Wildman–Crippen LogP) is 3.20. The zero-order valence-electron chi connectivity index (χ0n) is 18.9. The van der Waals surface area contributed by atoms with Crippen LogP contribution in [0.25, 0.3) is 11.1 Å². The zero-order valence-corrected chi connectivity index (χ0v) is 18.9. The van der Waals surface area contributed by atoms with Crippen LogP contribution in [0.1, 0.15) is 10.4 Å². The number of carbonyl (C=O) groups excluding carboxylic acids is 2. The number of hydrogen-bond acceptors (Lipinski definition) is 5. The van der Waals surface area contributed by atoms with E-state index in [1.54, 1.807) is 18.2 Å². The molecule has 0 aromatic heterocycles. The molecule has 7 nitrogen and oxygen atoms in total. The molecule has 3 aromatic carbocycles. The highest BCUT2D eigenvalue weighted by Gasteiger charge is 2.23. The van der Waals surface area contributed by atoms with E-state index in [2.05, 4.69) is 40.5 Å². The van der Waals surface area contributed by atoms with Crippen molar-refractivity contribution < 1.29 is 19.1 Å². The lowest BCUT2D eigenvalue weighted by molar-refractivity contribution is -0.130. The van der Waals surface area contributed by atoms with Crippen molar-refractivity contribution in [3.63, 3.8) is 0 Å². The number of benzene rings is 3. The molecule has 174 valence electrons. The first-order valence-electron chi connectivity index (χ1n) is 11.5. The van der Waals surface area contributed by atoms with E-state index in [1.165, 1.54) is 16.8 Å². The van der Waals surface area contributed by atoms with Gasteiger partial charge in [0.15, 0.2) is 11.5 Å². The first kappa shape index (κ1) is 21.8.